The maximum Gasteiger partial charge on any atom is 0.323 e. The summed E-state index contributed by atoms with van der Waals surface area (Å²) < 4.78 is 5.36. The predicted molar refractivity (Wildman–Crippen MR) is 88.0 cm³/mol. The fraction of sp³-hybridized carbons (Fsp3) is 0.529. The van der Waals surface area contributed by atoms with Crippen LogP contribution in [0.15, 0.2) is 18.2 Å². The van der Waals surface area contributed by atoms with Gasteiger partial charge in [0.1, 0.15) is 6.54 Å². The van der Waals surface area contributed by atoms with Gasteiger partial charge < -0.3 is 19.6 Å². The van der Waals surface area contributed by atoms with Crippen LogP contribution in [-0.4, -0.2) is 61.3 Å². The molecule has 0 atom stereocenters. The lowest BCUT2D eigenvalue weighted by molar-refractivity contribution is -0.137. The number of ether oxygens (including phenoxy) is 1. The van der Waals surface area contributed by atoms with Crippen LogP contribution in [-0.2, 0) is 9.53 Å². The van der Waals surface area contributed by atoms with Crippen LogP contribution in [0.5, 0.6) is 0 Å². The molecule has 0 radical (unpaired) electrons. The molecular weight excluding hydrogens is 296 g/mol. The van der Waals surface area contributed by atoms with Gasteiger partial charge in [0.25, 0.3) is 5.91 Å². The van der Waals surface area contributed by atoms with E-state index in [2.05, 4.69) is 4.90 Å². The average Bonchev–Trinajstić information content (AvgIpc) is 2.54. The van der Waals surface area contributed by atoms with Gasteiger partial charge in [-0.05, 0) is 37.1 Å². The van der Waals surface area contributed by atoms with E-state index >= 15 is 0 Å². The monoisotopic (exact) mass is 320 g/mol. The largest absolute Gasteiger partial charge is 0.480 e. The quantitative estimate of drug-likeness (QED) is 0.865. The summed E-state index contributed by atoms with van der Waals surface area (Å²) >= 11 is 0. The van der Waals surface area contributed by atoms with Gasteiger partial charge in [-0.25, -0.2) is 0 Å². The zero-order valence-electron chi connectivity index (χ0n) is 13.7. The van der Waals surface area contributed by atoms with Crippen molar-refractivity contribution in [1.82, 2.24) is 4.90 Å². The van der Waals surface area contributed by atoms with Crippen molar-refractivity contribution in [3.8, 4) is 0 Å². The highest BCUT2D eigenvalue weighted by Crippen LogP contribution is 2.23. The molecule has 0 bridgehead atoms. The van der Waals surface area contributed by atoms with Crippen molar-refractivity contribution in [2.75, 3.05) is 44.3 Å². The molecule has 6 heteroatoms. The minimum Gasteiger partial charge on any atom is -0.480 e. The highest BCUT2D eigenvalue weighted by molar-refractivity contribution is 5.96. The second kappa shape index (κ2) is 7.97. The van der Waals surface area contributed by atoms with E-state index in [0.29, 0.717) is 25.3 Å². The molecule has 1 heterocycles. The van der Waals surface area contributed by atoms with Crippen molar-refractivity contribution in [3.63, 3.8) is 0 Å². The van der Waals surface area contributed by atoms with Crippen molar-refractivity contribution in [2.45, 2.75) is 20.3 Å². The molecule has 0 aliphatic carbocycles. The number of carbonyl (C=O) groups excluding carboxylic acids is 1. The van der Waals surface area contributed by atoms with Crippen LogP contribution in [0.3, 0.4) is 0 Å². The number of aryl methyl sites for hydroxylation is 1. The molecule has 1 saturated heterocycles. The lowest BCUT2D eigenvalue weighted by Crippen LogP contribution is -2.37. The Morgan fingerprint density at radius 3 is 2.57 bits per heavy atom. The molecule has 1 aliphatic rings. The highest BCUT2D eigenvalue weighted by atomic mass is 16.5. The molecule has 1 aliphatic heterocycles. The maximum absolute atomic E-state index is 12.5. The molecule has 1 aromatic rings. The Bertz CT molecular complexity index is 568. The number of morpholine rings is 1. The molecule has 0 saturated carbocycles. The molecular formula is C17H24N2O4. The molecule has 0 spiro atoms. The number of carbonyl (C=O) groups is 2. The maximum atomic E-state index is 12.5. The molecule has 1 fully saturated rings. The zero-order valence-corrected chi connectivity index (χ0v) is 13.7. The van der Waals surface area contributed by atoms with E-state index in [1.807, 2.05) is 26.0 Å². The Kier molecular flexibility index (Phi) is 5.98. The number of carboxylic acids is 1. The van der Waals surface area contributed by atoms with Crippen molar-refractivity contribution in [2.24, 2.45) is 0 Å². The Morgan fingerprint density at radius 2 is 2.00 bits per heavy atom. The summed E-state index contributed by atoms with van der Waals surface area (Å²) in [5.74, 6) is -1.22. The van der Waals surface area contributed by atoms with Gasteiger partial charge in [-0.15, -0.1) is 0 Å². The smallest absolute Gasteiger partial charge is 0.323 e. The van der Waals surface area contributed by atoms with Crippen molar-refractivity contribution >= 4 is 17.6 Å². The van der Waals surface area contributed by atoms with Gasteiger partial charge in [0, 0.05) is 30.9 Å². The molecule has 23 heavy (non-hydrogen) atoms. The minimum absolute atomic E-state index is 0.231. The molecule has 1 N–H and O–H groups in total. The molecule has 0 unspecified atom stereocenters. The lowest BCUT2D eigenvalue weighted by Gasteiger charge is -2.30. The second-order valence-corrected chi connectivity index (χ2v) is 5.72. The molecule has 1 amide bonds. The third-order valence-corrected chi connectivity index (χ3v) is 3.90. The number of hydrogen-bond donors (Lipinski definition) is 1. The van der Waals surface area contributed by atoms with E-state index in [1.54, 1.807) is 6.07 Å². The minimum atomic E-state index is -0.992. The number of benzene rings is 1. The Labute approximate surface area is 136 Å². The number of anilines is 1. The van der Waals surface area contributed by atoms with Crippen LogP contribution in [0, 0.1) is 6.92 Å². The SMILES string of the molecule is CCCN(CC(=O)O)C(=O)c1ccc(N2CCOCC2)c(C)c1. The zero-order chi connectivity index (χ0) is 16.8. The van der Waals surface area contributed by atoms with E-state index in [9.17, 15) is 9.59 Å². The first-order valence-electron chi connectivity index (χ1n) is 7.97. The first kappa shape index (κ1) is 17.3. The normalized spacial score (nSPS) is 14.6. The number of hydrogen-bond acceptors (Lipinski definition) is 4. The van der Waals surface area contributed by atoms with E-state index < -0.39 is 5.97 Å². The number of aliphatic carboxylic acids is 1. The first-order chi connectivity index (χ1) is 11.0. The van der Waals surface area contributed by atoms with Crippen LogP contribution in [0.4, 0.5) is 5.69 Å². The summed E-state index contributed by atoms with van der Waals surface area (Å²) in [6, 6.07) is 5.57. The molecule has 6 nitrogen and oxygen atoms in total. The van der Waals surface area contributed by atoms with E-state index in [1.165, 1.54) is 4.90 Å². The number of amides is 1. The molecule has 126 valence electrons. The van der Waals surface area contributed by atoms with E-state index in [4.69, 9.17) is 9.84 Å². The van der Waals surface area contributed by atoms with Gasteiger partial charge in [-0.3, -0.25) is 9.59 Å². The summed E-state index contributed by atoms with van der Waals surface area (Å²) in [5, 5.41) is 8.96. The average molecular weight is 320 g/mol. The second-order valence-electron chi connectivity index (χ2n) is 5.72. The van der Waals surface area contributed by atoms with Gasteiger partial charge in [0.05, 0.1) is 13.2 Å². The Hall–Kier alpha value is -2.08. The van der Waals surface area contributed by atoms with Crippen molar-refractivity contribution in [1.29, 1.82) is 0 Å². The molecule has 0 aromatic heterocycles. The van der Waals surface area contributed by atoms with Gasteiger partial charge in [-0.2, -0.15) is 0 Å². The van der Waals surface area contributed by atoms with Crippen LogP contribution in [0.25, 0.3) is 0 Å². The Balaban J connectivity index is 2.17. The van der Waals surface area contributed by atoms with Gasteiger partial charge in [-0.1, -0.05) is 6.92 Å². The summed E-state index contributed by atoms with van der Waals surface area (Å²) in [4.78, 5) is 27.1. The van der Waals surface area contributed by atoms with Gasteiger partial charge in [0.2, 0.25) is 0 Å². The van der Waals surface area contributed by atoms with Crippen molar-refractivity contribution < 1.29 is 19.4 Å². The van der Waals surface area contributed by atoms with Gasteiger partial charge >= 0.3 is 5.97 Å². The topological polar surface area (TPSA) is 70.1 Å². The summed E-state index contributed by atoms with van der Waals surface area (Å²) in [6.45, 7) is 7.18. The fourth-order valence-corrected chi connectivity index (χ4v) is 2.82. The third-order valence-electron chi connectivity index (χ3n) is 3.90. The first-order valence-corrected chi connectivity index (χ1v) is 7.97. The summed E-state index contributed by atoms with van der Waals surface area (Å²) in [7, 11) is 0. The predicted octanol–water partition coefficient (Wildman–Crippen LogP) is 1.77. The standard InChI is InChI=1S/C17H24N2O4/c1-3-6-19(12-16(20)21)17(22)14-4-5-15(13(2)11-14)18-7-9-23-10-8-18/h4-5,11H,3,6-10,12H2,1-2H3,(H,20,21). The third kappa shape index (κ3) is 4.45. The fourth-order valence-electron chi connectivity index (χ4n) is 2.82. The van der Waals surface area contributed by atoms with Crippen LogP contribution in [0.1, 0.15) is 29.3 Å². The van der Waals surface area contributed by atoms with E-state index in [0.717, 1.165) is 30.8 Å². The van der Waals surface area contributed by atoms with Crippen LogP contribution < -0.4 is 4.90 Å². The number of nitrogens with zero attached hydrogens (tertiary/aromatic N) is 2. The Morgan fingerprint density at radius 1 is 1.30 bits per heavy atom. The number of carboxylic acid groups (broad SMARTS) is 1. The summed E-state index contributed by atoms with van der Waals surface area (Å²) in [5.41, 5.74) is 2.66. The van der Waals surface area contributed by atoms with E-state index in [-0.39, 0.29) is 12.5 Å². The lowest BCUT2D eigenvalue weighted by atomic mass is 10.1. The van der Waals surface area contributed by atoms with Crippen LogP contribution in [0.2, 0.25) is 0 Å². The molecule has 1 aromatic carbocycles. The van der Waals surface area contributed by atoms with Crippen LogP contribution >= 0.6 is 0 Å². The van der Waals surface area contributed by atoms with Crippen molar-refractivity contribution in [3.05, 3.63) is 29.3 Å². The van der Waals surface area contributed by atoms with Gasteiger partial charge in [0.15, 0.2) is 0 Å². The summed E-state index contributed by atoms with van der Waals surface area (Å²) in [6.07, 6.45) is 0.726. The molecule has 2 rings (SSSR count). The number of rotatable bonds is 6. The highest BCUT2D eigenvalue weighted by Gasteiger charge is 2.20.